The molecule has 1 aliphatic rings. The largest absolute Gasteiger partial charge is 0.522 e. The van der Waals surface area contributed by atoms with Crippen LogP contribution < -0.4 is 10.2 Å². The molecule has 0 spiro atoms. The molecule has 0 bridgehead atoms. The van der Waals surface area contributed by atoms with E-state index in [4.69, 9.17) is 0 Å². The van der Waals surface area contributed by atoms with E-state index in [0.29, 0.717) is 11.1 Å². The lowest BCUT2D eigenvalue weighted by Crippen LogP contribution is -2.36. The average molecular weight is 647 g/mol. The molecule has 9 nitrogen and oxygen atoms in total. The Bertz CT molecular complexity index is 1530. The number of pyridine rings is 2. The van der Waals surface area contributed by atoms with E-state index in [1.807, 2.05) is 0 Å². The standard InChI is InChI=1S/C28H28F6N4O5S/c1-2-44(41,42)25-10-6-18(12-36-25)23(15-39)37-26(40)19-5-9-24(35-13-19)38-14-20(11-22(38)16-43-28(32,33)34)17-3-7-21(8-4-17)27(29,30)31/h3-10,12-13,20,22-23,39H,2,11,14-16H2,1H3,(H,37,40)/t20-,22+,23+/m1/s1. The van der Waals surface area contributed by atoms with Crippen LogP contribution in [-0.2, 0) is 20.8 Å². The number of nitrogens with one attached hydrogen (secondary N) is 1. The highest BCUT2D eigenvalue weighted by atomic mass is 32.2. The lowest BCUT2D eigenvalue weighted by atomic mass is 9.95. The topological polar surface area (TPSA) is 122 Å². The molecular weight excluding hydrogens is 618 g/mol. The van der Waals surface area contributed by atoms with Gasteiger partial charge in [-0.15, -0.1) is 13.2 Å². The van der Waals surface area contributed by atoms with E-state index in [0.717, 1.165) is 12.1 Å². The maximum Gasteiger partial charge on any atom is 0.522 e. The van der Waals surface area contributed by atoms with Gasteiger partial charge in [-0.25, -0.2) is 18.4 Å². The maximum absolute atomic E-state index is 13.0. The Morgan fingerprint density at radius 2 is 1.75 bits per heavy atom. The highest BCUT2D eigenvalue weighted by molar-refractivity contribution is 7.91. The molecule has 0 radical (unpaired) electrons. The Morgan fingerprint density at radius 1 is 1.05 bits per heavy atom. The minimum absolute atomic E-state index is 0.0620. The van der Waals surface area contributed by atoms with Crippen molar-refractivity contribution in [2.75, 3.05) is 30.4 Å². The number of aromatic nitrogens is 2. The summed E-state index contributed by atoms with van der Waals surface area (Å²) in [5, 5.41) is 12.3. The second-order valence-electron chi connectivity index (χ2n) is 10.1. The number of aliphatic hydroxyl groups excluding tert-OH is 1. The van der Waals surface area contributed by atoms with Crippen LogP contribution in [0.2, 0.25) is 0 Å². The van der Waals surface area contributed by atoms with Crippen LogP contribution in [0.25, 0.3) is 0 Å². The van der Waals surface area contributed by atoms with E-state index in [1.165, 1.54) is 55.7 Å². The molecule has 0 saturated carbocycles. The summed E-state index contributed by atoms with van der Waals surface area (Å²) >= 11 is 0. The van der Waals surface area contributed by atoms with E-state index < -0.39 is 65.1 Å². The van der Waals surface area contributed by atoms with Gasteiger partial charge < -0.3 is 15.3 Å². The summed E-state index contributed by atoms with van der Waals surface area (Å²) in [4.78, 5) is 22.6. The summed E-state index contributed by atoms with van der Waals surface area (Å²) in [5.74, 6) is -0.982. The first kappa shape index (κ1) is 33.1. The van der Waals surface area contributed by atoms with Crippen LogP contribution in [0.1, 0.15) is 52.4 Å². The smallest absolute Gasteiger partial charge is 0.394 e. The quantitative estimate of drug-likeness (QED) is 0.306. The van der Waals surface area contributed by atoms with Crippen molar-refractivity contribution in [1.29, 1.82) is 0 Å². The third-order valence-electron chi connectivity index (χ3n) is 7.22. The Kier molecular flexibility index (Phi) is 9.85. The summed E-state index contributed by atoms with van der Waals surface area (Å²) in [6.45, 7) is 0.339. The fourth-order valence-corrected chi connectivity index (χ4v) is 5.61. The minimum Gasteiger partial charge on any atom is -0.394 e. The van der Waals surface area contributed by atoms with Crippen LogP contribution in [-0.4, -0.2) is 67.3 Å². The van der Waals surface area contributed by atoms with Crippen molar-refractivity contribution >= 4 is 21.6 Å². The second-order valence-corrected chi connectivity index (χ2v) is 12.3. The number of sulfone groups is 1. The molecule has 1 aromatic carbocycles. The second kappa shape index (κ2) is 13.1. The number of hydrogen-bond acceptors (Lipinski definition) is 8. The van der Waals surface area contributed by atoms with Crippen LogP contribution in [0.3, 0.4) is 0 Å². The van der Waals surface area contributed by atoms with Crippen molar-refractivity contribution < 1.29 is 49.4 Å². The van der Waals surface area contributed by atoms with Crippen LogP contribution in [0, 0.1) is 0 Å². The van der Waals surface area contributed by atoms with Crippen molar-refractivity contribution in [3.05, 3.63) is 83.2 Å². The summed E-state index contributed by atoms with van der Waals surface area (Å²) in [6.07, 6.45) is -6.85. The Morgan fingerprint density at radius 3 is 2.27 bits per heavy atom. The number of amides is 1. The van der Waals surface area contributed by atoms with Gasteiger partial charge in [0.15, 0.2) is 14.9 Å². The number of hydrogen-bond donors (Lipinski definition) is 2. The van der Waals surface area contributed by atoms with Crippen molar-refractivity contribution in [3.8, 4) is 0 Å². The first-order valence-corrected chi connectivity index (χ1v) is 15.0. The summed E-state index contributed by atoms with van der Waals surface area (Å²) in [7, 11) is -3.54. The minimum atomic E-state index is -4.89. The van der Waals surface area contributed by atoms with E-state index in [1.54, 1.807) is 4.90 Å². The van der Waals surface area contributed by atoms with Crippen LogP contribution in [0.15, 0.2) is 66.0 Å². The van der Waals surface area contributed by atoms with E-state index in [-0.39, 0.29) is 35.1 Å². The van der Waals surface area contributed by atoms with Crippen LogP contribution >= 0.6 is 0 Å². The zero-order valence-corrected chi connectivity index (χ0v) is 24.0. The molecule has 16 heteroatoms. The molecule has 0 aliphatic carbocycles. The predicted octanol–water partition coefficient (Wildman–Crippen LogP) is 4.65. The highest BCUT2D eigenvalue weighted by Gasteiger charge is 2.38. The number of halogens is 6. The molecule has 1 aliphatic heterocycles. The SMILES string of the molecule is CCS(=O)(=O)c1ccc([C@H](CO)NC(=O)c2ccc(N3C[C@H](c4ccc(C(F)(F)F)cc4)C[C@H]3COC(F)(F)F)nc2)cn1. The van der Waals surface area contributed by atoms with Crippen molar-refractivity contribution in [1.82, 2.24) is 15.3 Å². The fourth-order valence-electron chi connectivity index (χ4n) is 4.83. The van der Waals surface area contributed by atoms with E-state index >= 15 is 0 Å². The molecular formula is C28H28F6N4O5S. The van der Waals surface area contributed by atoms with Gasteiger partial charge in [0.05, 0.1) is 42.2 Å². The molecule has 1 fully saturated rings. The third-order valence-corrected chi connectivity index (χ3v) is 8.85. The molecule has 3 atom stereocenters. The molecule has 2 N–H and O–H groups in total. The molecule has 4 rings (SSSR count). The molecule has 44 heavy (non-hydrogen) atoms. The summed E-state index contributed by atoms with van der Waals surface area (Å²) in [5.41, 5.74) is 0.0781. The lowest BCUT2D eigenvalue weighted by Gasteiger charge is -2.26. The van der Waals surface area contributed by atoms with Crippen molar-refractivity contribution in [2.45, 2.75) is 48.9 Å². The summed E-state index contributed by atoms with van der Waals surface area (Å²) in [6, 6.07) is 8.17. The maximum atomic E-state index is 13.0. The Labute approximate surface area is 248 Å². The number of anilines is 1. The number of rotatable bonds is 10. The Balaban J connectivity index is 1.49. The van der Waals surface area contributed by atoms with E-state index in [2.05, 4.69) is 20.0 Å². The number of carbonyl (C=O) groups is 1. The average Bonchev–Trinajstić information content (AvgIpc) is 3.42. The Hall–Kier alpha value is -3.76. The number of alkyl halides is 6. The van der Waals surface area contributed by atoms with Gasteiger partial charge in [-0.2, -0.15) is 13.2 Å². The number of aliphatic hydroxyl groups is 1. The molecule has 3 heterocycles. The first-order valence-electron chi connectivity index (χ1n) is 13.3. The van der Waals surface area contributed by atoms with Gasteiger partial charge in [-0.05, 0) is 47.9 Å². The van der Waals surface area contributed by atoms with Crippen LogP contribution in [0.5, 0.6) is 0 Å². The summed E-state index contributed by atoms with van der Waals surface area (Å²) < 4.78 is 106. The van der Waals surface area contributed by atoms with Gasteiger partial charge in [-0.3, -0.25) is 9.53 Å². The highest BCUT2D eigenvalue weighted by Crippen LogP contribution is 2.37. The zero-order chi connectivity index (χ0) is 32.3. The number of carbonyl (C=O) groups excluding carboxylic acids is 1. The molecule has 238 valence electrons. The predicted molar refractivity (Wildman–Crippen MR) is 145 cm³/mol. The zero-order valence-electron chi connectivity index (χ0n) is 23.1. The van der Waals surface area contributed by atoms with Crippen molar-refractivity contribution in [3.63, 3.8) is 0 Å². The van der Waals surface area contributed by atoms with Crippen molar-refractivity contribution in [2.24, 2.45) is 0 Å². The molecule has 1 amide bonds. The van der Waals surface area contributed by atoms with Gasteiger partial charge >= 0.3 is 12.5 Å². The first-order chi connectivity index (χ1) is 20.6. The van der Waals surface area contributed by atoms with Gasteiger partial charge in [0, 0.05) is 24.9 Å². The fraction of sp³-hybridized carbons (Fsp3) is 0.393. The van der Waals surface area contributed by atoms with E-state index in [9.17, 15) is 44.7 Å². The van der Waals surface area contributed by atoms with Gasteiger partial charge in [0.25, 0.3) is 5.91 Å². The molecule has 3 aromatic rings. The van der Waals surface area contributed by atoms with Crippen LogP contribution in [0.4, 0.5) is 32.2 Å². The third kappa shape index (κ3) is 8.04. The normalized spacial score (nSPS) is 18.3. The lowest BCUT2D eigenvalue weighted by molar-refractivity contribution is -0.325. The number of nitrogens with zero attached hydrogens (tertiary/aromatic N) is 3. The number of benzene rings is 1. The van der Waals surface area contributed by atoms with Gasteiger partial charge in [0.2, 0.25) is 0 Å². The monoisotopic (exact) mass is 646 g/mol. The molecule has 1 saturated heterocycles. The molecule has 0 unspecified atom stereocenters. The van der Waals surface area contributed by atoms with Gasteiger partial charge in [0.1, 0.15) is 5.82 Å². The van der Waals surface area contributed by atoms with Gasteiger partial charge in [-0.1, -0.05) is 25.1 Å². The molecule has 2 aromatic heterocycles. The number of ether oxygens (including phenoxy) is 1.